The molecule has 3 rings (SSSR count). The molecule has 148 valence electrons. The molecule has 3 heterocycles. The second kappa shape index (κ2) is 8.38. The smallest absolute Gasteiger partial charge is 0.254 e. The predicted molar refractivity (Wildman–Crippen MR) is 108 cm³/mol. The van der Waals surface area contributed by atoms with Gasteiger partial charge in [-0.2, -0.15) is 5.10 Å². The lowest BCUT2D eigenvalue weighted by Crippen LogP contribution is -2.27. The Morgan fingerprint density at radius 1 is 1.19 bits per heavy atom. The average molecular weight is 372 g/mol. The van der Waals surface area contributed by atoms with Gasteiger partial charge in [0.05, 0.1) is 11.4 Å². The molecule has 0 aromatic carbocycles. The molecule has 0 radical (unpaired) electrons. The molecule has 0 atom stereocenters. The quantitative estimate of drug-likeness (QED) is 0.847. The molecule has 1 aliphatic rings. The summed E-state index contributed by atoms with van der Waals surface area (Å²) in [6.45, 7) is 14.3. The van der Waals surface area contributed by atoms with Crippen molar-refractivity contribution in [3.63, 3.8) is 0 Å². The molecule has 0 aliphatic carbocycles. The van der Waals surface area contributed by atoms with Gasteiger partial charge in [0.1, 0.15) is 5.82 Å². The molecule has 0 unspecified atom stereocenters. The lowest BCUT2D eigenvalue weighted by atomic mass is 10.1. The first kappa shape index (κ1) is 19.8. The Hall–Kier alpha value is -1.95. The van der Waals surface area contributed by atoms with Crippen molar-refractivity contribution >= 4 is 0 Å². The second-order valence-electron chi connectivity index (χ2n) is 8.03. The van der Waals surface area contributed by atoms with Crippen LogP contribution in [-0.2, 0) is 25.9 Å². The minimum absolute atomic E-state index is 0.0466. The van der Waals surface area contributed by atoms with E-state index >= 15 is 0 Å². The van der Waals surface area contributed by atoms with E-state index in [0.717, 1.165) is 68.2 Å². The maximum Gasteiger partial charge on any atom is 0.254 e. The molecule has 6 heteroatoms. The van der Waals surface area contributed by atoms with Gasteiger partial charge in [-0.1, -0.05) is 27.2 Å². The normalized spacial score (nSPS) is 15.2. The number of nitrogens with one attached hydrogen (secondary N) is 1. The summed E-state index contributed by atoms with van der Waals surface area (Å²) in [4.78, 5) is 22.7. The van der Waals surface area contributed by atoms with Gasteiger partial charge in [0.25, 0.3) is 5.56 Å². The third-order valence-corrected chi connectivity index (χ3v) is 5.65. The van der Waals surface area contributed by atoms with Crippen molar-refractivity contribution in [2.24, 2.45) is 0 Å². The first-order chi connectivity index (χ1) is 12.9. The summed E-state index contributed by atoms with van der Waals surface area (Å²) >= 11 is 0. The highest BCUT2D eigenvalue weighted by molar-refractivity contribution is 5.25. The van der Waals surface area contributed by atoms with Crippen molar-refractivity contribution in [1.82, 2.24) is 24.6 Å². The second-order valence-corrected chi connectivity index (χ2v) is 8.03. The van der Waals surface area contributed by atoms with E-state index in [1.165, 1.54) is 17.7 Å². The Morgan fingerprint density at radius 3 is 2.63 bits per heavy atom. The van der Waals surface area contributed by atoms with Crippen LogP contribution in [0.3, 0.4) is 0 Å². The molecule has 1 aliphatic heterocycles. The summed E-state index contributed by atoms with van der Waals surface area (Å²) < 4.78 is 2.15. The van der Waals surface area contributed by atoms with Crippen LogP contribution in [0.1, 0.15) is 73.6 Å². The fraction of sp³-hybridized carbons (Fsp3) is 0.667. The number of fused-ring (bicyclic) bond motifs is 1. The van der Waals surface area contributed by atoms with E-state index in [4.69, 9.17) is 10.1 Å². The molecule has 0 amide bonds. The Kier molecular flexibility index (Phi) is 6.15. The van der Waals surface area contributed by atoms with Crippen molar-refractivity contribution in [3.8, 4) is 0 Å². The van der Waals surface area contributed by atoms with Gasteiger partial charge in [-0.15, -0.1) is 0 Å². The lowest BCUT2D eigenvalue weighted by Gasteiger charge is -2.19. The summed E-state index contributed by atoms with van der Waals surface area (Å²) in [7, 11) is 0. The highest BCUT2D eigenvalue weighted by atomic mass is 16.1. The molecule has 0 spiro atoms. The largest absolute Gasteiger partial charge is 0.310 e. The van der Waals surface area contributed by atoms with Crippen molar-refractivity contribution in [2.45, 2.75) is 79.3 Å². The molecule has 6 nitrogen and oxygen atoms in total. The monoisotopic (exact) mass is 371 g/mol. The Labute approximate surface area is 162 Å². The maximum atomic E-state index is 12.5. The Morgan fingerprint density at radius 2 is 1.93 bits per heavy atom. The van der Waals surface area contributed by atoms with Gasteiger partial charge in [0, 0.05) is 55.3 Å². The van der Waals surface area contributed by atoms with E-state index in [1.54, 1.807) is 0 Å². The third-order valence-electron chi connectivity index (χ3n) is 5.65. The van der Waals surface area contributed by atoms with E-state index in [2.05, 4.69) is 49.2 Å². The van der Waals surface area contributed by atoms with Crippen LogP contribution in [0.15, 0.2) is 4.79 Å². The lowest BCUT2D eigenvalue weighted by molar-refractivity contribution is 0.277. The minimum Gasteiger partial charge on any atom is -0.310 e. The van der Waals surface area contributed by atoms with Gasteiger partial charge in [-0.05, 0) is 26.7 Å². The summed E-state index contributed by atoms with van der Waals surface area (Å²) in [5.74, 6) is 1.04. The fourth-order valence-corrected chi connectivity index (χ4v) is 3.82. The molecule has 1 N–H and O–H groups in total. The standard InChI is InChI=1S/C21H33N5O/c1-6-7-10-26-16(5)18(15(4)24-26)13-25-11-8-17-19(9-12-25)22-20(14(2)3)23-21(17)27/h14H,6-13H2,1-5H3,(H,22,23,27). The highest BCUT2D eigenvalue weighted by Gasteiger charge is 2.21. The SMILES string of the molecule is CCCCn1nc(C)c(CN2CCc3nc(C(C)C)[nH]c(=O)c3CC2)c1C. The van der Waals surface area contributed by atoms with E-state index in [1.807, 2.05) is 0 Å². The molecular weight excluding hydrogens is 338 g/mol. The molecule has 27 heavy (non-hydrogen) atoms. The van der Waals surface area contributed by atoms with Gasteiger partial charge >= 0.3 is 0 Å². The van der Waals surface area contributed by atoms with Crippen LogP contribution in [0.4, 0.5) is 0 Å². The topological polar surface area (TPSA) is 66.8 Å². The number of hydrogen-bond acceptors (Lipinski definition) is 4. The summed E-state index contributed by atoms with van der Waals surface area (Å²) in [5.41, 5.74) is 5.64. The van der Waals surface area contributed by atoms with Crippen molar-refractivity contribution in [3.05, 3.63) is 44.4 Å². The van der Waals surface area contributed by atoms with E-state index < -0.39 is 0 Å². The van der Waals surface area contributed by atoms with Crippen molar-refractivity contribution in [2.75, 3.05) is 13.1 Å². The minimum atomic E-state index is 0.0466. The third kappa shape index (κ3) is 4.32. The maximum absolute atomic E-state index is 12.5. The number of aryl methyl sites for hydroxylation is 2. The molecular formula is C21H33N5O. The first-order valence-corrected chi connectivity index (χ1v) is 10.3. The molecule has 0 bridgehead atoms. The van der Waals surface area contributed by atoms with Crippen LogP contribution < -0.4 is 5.56 Å². The molecule has 0 saturated heterocycles. The van der Waals surface area contributed by atoms with Crippen LogP contribution in [0.5, 0.6) is 0 Å². The molecule has 2 aromatic heterocycles. The van der Waals surface area contributed by atoms with Crippen molar-refractivity contribution < 1.29 is 0 Å². The summed E-state index contributed by atoms with van der Waals surface area (Å²) in [6.07, 6.45) is 3.93. The predicted octanol–water partition coefficient (Wildman–Crippen LogP) is 3.11. The van der Waals surface area contributed by atoms with Gasteiger partial charge in [0.15, 0.2) is 0 Å². The Balaban J connectivity index is 1.75. The average Bonchev–Trinajstić information content (AvgIpc) is 2.79. The number of H-pyrrole nitrogens is 1. The Bertz CT molecular complexity index is 849. The van der Waals surface area contributed by atoms with Gasteiger partial charge in [-0.25, -0.2) is 4.98 Å². The van der Waals surface area contributed by atoms with Gasteiger partial charge in [-0.3, -0.25) is 14.4 Å². The molecule has 2 aromatic rings. The van der Waals surface area contributed by atoms with Crippen LogP contribution in [0.2, 0.25) is 0 Å². The van der Waals surface area contributed by atoms with E-state index in [-0.39, 0.29) is 11.5 Å². The van der Waals surface area contributed by atoms with Crippen LogP contribution in [-0.4, -0.2) is 37.7 Å². The first-order valence-electron chi connectivity index (χ1n) is 10.3. The number of rotatable bonds is 6. The number of aromatic amines is 1. The zero-order valence-corrected chi connectivity index (χ0v) is 17.4. The number of nitrogens with zero attached hydrogens (tertiary/aromatic N) is 4. The highest BCUT2D eigenvalue weighted by Crippen LogP contribution is 2.19. The van der Waals surface area contributed by atoms with E-state index in [9.17, 15) is 4.79 Å². The number of hydrogen-bond donors (Lipinski definition) is 1. The van der Waals surface area contributed by atoms with Crippen LogP contribution in [0, 0.1) is 13.8 Å². The number of aromatic nitrogens is 4. The molecule has 0 saturated carbocycles. The van der Waals surface area contributed by atoms with Crippen LogP contribution >= 0.6 is 0 Å². The number of unbranched alkanes of at least 4 members (excludes halogenated alkanes) is 1. The van der Waals surface area contributed by atoms with Gasteiger partial charge < -0.3 is 4.98 Å². The summed E-state index contributed by atoms with van der Waals surface area (Å²) in [6, 6.07) is 0. The molecule has 0 fully saturated rings. The van der Waals surface area contributed by atoms with Gasteiger partial charge in [0.2, 0.25) is 0 Å². The fourth-order valence-electron chi connectivity index (χ4n) is 3.82. The van der Waals surface area contributed by atoms with Crippen LogP contribution in [0.25, 0.3) is 0 Å². The van der Waals surface area contributed by atoms with Crippen molar-refractivity contribution in [1.29, 1.82) is 0 Å². The zero-order valence-electron chi connectivity index (χ0n) is 17.4. The zero-order chi connectivity index (χ0) is 19.6. The summed E-state index contributed by atoms with van der Waals surface area (Å²) in [5, 5.41) is 4.74. The van der Waals surface area contributed by atoms with E-state index in [0.29, 0.717) is 0 Å².